The second kappa shape index (κ2) is 6.31. The van der Waals surface area contributed by atoms with Crippen LogP contribution in [0.15, 0.2) is 24.4 Å². The Morgan fingerprint density at radius 3 is 3.11 bits per heavy atom. The Morgan fingerprint density at radius 2 is 2.37 bits per heavy atom. The van der Waals surface area contributed by atoms with Crippen molar-refractivity contribution in [3.63, 3.8) is 0 Å². The van der Waals surface area contributed by atoms with Crippen molar-refractivity contribution in [1.82, 2.24) is 14.7 Å². The smallest absolute Gasteiger partial charge is 0.356 e. The summed E-state index contributed by atoms with van der Waals surface area (Å²) in [6, 6.07) is 5.42. The molecule has 6 heteroatoms. The highest BCUT2D eigenvalue weighted by Gasteiger charge is 2.15. The van der Waals surface area contributed by atoms with E-state index in [1.54, 1.807) is 23.6 Å². The number of aromatic carboxylic acids is 1. The van der Waals surface area contributed by atoms with Gasteiger partial charge in [0.1, 0.15) is 5.82 Å². The van der Waals surface area contributed by atoms with E-state index in [-0.39, 0.29) is 5.69 Å². The van der Waals surface area contributed by atoms with Crippen LogP contribution in [-0.4, -0.2) is 40.7 Å². The zero-order valence-corrected chi connectivity index (χ0v) is 10.8. The average Bonchev–Trinajstić information content (AvgIpc) is 2.78. The van der Waals surface area contributed by atoms with Gasteiger partial charge in [-0.05, 0) is 25.1 Å². The molecule has 0 bridgehead atoms. The number of pyridine rings is 1. The number of hydrogen-bond acceptors (Lipinski definition) is 4. The highest BCUT2D eigenvalue weighted by Crippen LogP contribution is 2.12. The maximum absolute atomic E-state index is 11.1. The summed E-state index contributed by atoms with van der Waals surface area (Å²) in [5.41, 5.74) is 0.706. The van der Waals surface area contributed by atoms with E-state index in [1.165, 1.54) is 0 Å². The van der Waals surface area contributed by atoms with Crippen molar-refractivity contribution >= 4 is 11.5 Å². The number of nitrogens with zero attached hydrogens (tertiary/aromatic N) is 2. The van der Waals surface area contributed by atoms with E-state index in [4.69, 9.17) is 9.84 Å². The van der Waals surface area contributed by atoms with E-state index in [0.29, 0.717) is 24.5 Å². The Hall–Kier alpha value is -1.92. The standard InChI is InChI=1S/C13H17N3O3/c1-19-8-4-6-14-9-11-15-12(13(17)18)10-5-2-3-7-16(10)11/h2-3,5,7,14H,4,6,8-9H2,1H3,(H,17,18). The molecule has 19 heavy (non-hydrogen) atoms. The van der Waals surface area contributed by atoms with Crippen molar-refractivity contribution in [2.24, 2.45) is 0 Å². The normalized spacial score (nSPS) is 11.0. The van der Waals surface area contributed by atoms with Crippen LogP contribution in [0, 0.1) is 0 Å². The Morgan fingerprint density at radius 1 is 1.53 bits per heavy atom. The fourth-order valence-electron chi connectivity index (χ4n) is 1.93. The molecular formula is C13H17N3O3. The first-order chi connectivity index (χ1) is 9.24. The molecule has 0 aliphatic heterocycles. The predicted octanol–water partition coefficient (Wildman–Crippen LogP) is 1.16. The number of imidazole rings is 1. The summed E-state index contributed by atoms with van der Waals surface area (Å²) in [6.45, 7) is 2.04. The van der Waals surface area contributed by atoms with Gasteiger partial charge < -0.3 is 19.6 Å². The quantitative estimate of drug-likeness (QED) is 0.733. The summed E-state index contributed by atoms with van der Waals surface area (Å²) in [6.07, 6.45) is 2.73. The van der Waals surface area contributed by atoms with Gasteiger partial charge >= 0.3 is 5.97 Å². The van der Waals surface area contributed by atoms with Crippen LogP contribution in [0.5, 0.6) is 0 Å². The minimum absolute atomic E-state index is 0.0919. The molecule has 0 unspecified atom stereocenters. The van der Waals surface area contributed by atoms with E-state index in [1.807, 2.05) is 12.3 Å². The van der Waals surface area contributed by atoms with Gasteiger partial charge in [0.2, 0.25) is 0 Å². The van der Waals surface area contributed by atoms with Gasteiger partial charge in [-0.15, -0.1) is 0 Å². The van der Waals surface area contributed by atoms with Crippen molar-refractivity contribution in [2.45, 2.75) is 13.0 Å². The van der Waals surface area contributed by atoms with Gasteiger partial charge in [-0.1, -0.05) is 6.07 Å². The van der Waals surface area contributed by atoms with Gasteiger partial charge in [0, 0.05) is 19.9 Å². The topological polar surface area (TPSA) is 75.9 Å². The highest BCUT2D eigenvalue weighted by molar-refractivity contribution is 5.93. The van der Waals surface area contributed by atoms with Crippen molar-refractivity contribution < 1.29 is 14.6 Å². The molecule has 0 spiro atoms. The maximum Gasteiger partial charge on any atom is 0.356 e. The summed E-state index contributed by atoms with van der Waals surface area (Å²) < 4.78 is 6.76. The third-order valence-electron chi connectivity index (χ3n) is 2.81. The van der Waals surface area contributed by atoms with Gasteiger partial charge in [-0.25, -0.2) is 9.78 Å². The summed E-state index contributed by atoms with van der Waals surface area (Å²) in [4.78, 5) is 15.3. The number of carboxylic acid groups (broad SMARTS) is 1. The van der Waals surface area contributed by atoms with Crippen LogP contribution in [0.4, 0.5) is 0 Å². The van der Waals surface area contributed by atoms with Gasteiger partial charge in [-0.2, -0.15) is 0 Å². The molecule has 6 nitrogen and oxygen atoms in total. The first kappa shape index (κ1) is 13.5. The molecule has 0 fully saturated rings. The lowest BCUT2D eigenvalue weighted by Gasteiger charge is -2.03. The number of ether oxygens (including phenoxy) is 1. The Bertz CT molecular complexity index is 565. The van der Waals surface area contributed by atoms with Crippen molar-refractivity contribution in [1.29, 1.82) is 0 Å². The SMILES string of the molecule is COCCCNCc1nc(C(=O)O)c2ccccn12. The Balaban J connectivity index is 2.12. The van der Waals surface area contributed by atoms with E-state index in [9.17, 15) is 4.79 Å². The fourth-order valence-corrected chi connectivity index (χ4v) is 1.93. The van der Waals surface area contributed by atoms with Crippen molar-refractivity contribution in [3.8, 4) is 0 Å². The zero-order valence-electron chi connectivity index (χ0n) is 10.8. The molecule has 2 rings (SSSR count). The monoisotopic (exact) mass is 263 g/mol. The van der Waals surface area contributed by atoms with Crippen molar-refractivity contribution in [2.75, 3.05) is 20.3 Å². The largest absolute Gasteiger partial charge is 0.476 e. The van der Waals surface area contributed by atoms with Gasteiger partial charge in [-0.3, -0.25) is 0 Å². The lowest BCUT2D eigenvalue weighted by atomic mass is 10.3. The second-order valence-electron chi connectivity index (χ2n) is 4.16. The van der Waals surface area contributed by atoms with Crippen LogP contribution < -0.4 is 5.32 Å². The average molecular weight is 263 g/mol. The minimum atomic E-state index is -1.01. The fraction of sp³-hybridized carbons (Fsp3) is 0.385. The number of methoxy groups -OCH3 is 1. The van der Waals surface area contributed by atoms with Crippen LogP contribution in [0.25, 0.3) is 5.52 Å². The molecule has 0 aromatic carbocycles. The molecular weight excluding hydrogens is 246 g/mol. The summed E-state index contributed by atoms with van der Waals surface area (Å²) >= 11 is 0. The van der Waals surface area contributed by atoms with Gasteiger partial charge in [0.15, 0.2) is 5.69 Å². The molecule has 0 saturated heterocycles. The van der Waals surface area contributed by atoms with Crippen LogP contribution in [0.2, 0.25) is 0 Å². The van der Waals surface area contributed by atoms with Crippen LogP contribution in [0.3, 0.4) is 0 Å². The molecule has 0 radical (unpaired) electrons. The van der Waals surface area contributed by atoms with Gasteiger partial charge in [0.25, 0.3) is 0 Å². The number of fused-ring (bicyclic) bond motifs is 1. The molecule has 0 saturated carbocycles. The molecule has 2 N–H and O–H groups in total. The zero-order chi connectivity index (χ0) is 13.7. The van der Waals surface area contributed by atoms with Crippen LogP contribution in [0.1, 0.15) is 22.7 Å². The lowest BCUT2D eigenvalue weighted by Crippen LogP contribution is -2.17. The third kappa shape index (κ3) is 3.10. The van der Waals surface area contributed by atoms with Crippen LogP contribution in [-0.2, 0) is 11.3 Å². The first-order valence-electron chi connectivity index (χ1n) is 6.13. The van der Waals surface area contributed by atoms with E-state index >= 15 is 0 Å². The lowest BCUT2D eigenvalue weighted by molar-refractivity contribution is 0.0693. The van der Waals surface area contributed by atoms with Crippen molar-refractivity contribution in [3.05, 3.63) is 35.9 Å². The number of carboxylic acids is 1. The predicted molar refractivity (Wildman–Crippen MR) is 70.4 cm³/mol. The molecule has 0 aliphatic rings. The number of hydrogen-bond donors (Lipinski definition) is 2. The molecule has 0 atom stereocenters. The number of carbonyl (C=O) groups is 1. The summed E-state index contributed by atoms with van der Waals surface area (Å²) in [5, 5.41) is 12.3. The minimum Gasteiger partial charge on any atom is -0.476 e. The molecule has 2 heterocycles. The van der Waals surface area contributed by atoms with Gasteiger partial charge in [0.05, 0.1) is 12.1 Å². The Labute approximate surface area is 111 Å². The van der Waals surface area contributed by atoms with Crippen LogP contribution >= 0.6 is 0 Å². The van der Waals surface area contributed by atoms with E-state index in [0.717, 1.165) is 13.0 Å². The second-order valence-corrected chi connectivity index (χ2v) is 4.16. The molecule has 0 aliphatic carbocycles. The summed E-state index contributed by atoms with van der Waals surface area (Å²) in [7, 11) is 1.67. The van der Waals surface area contributed by atoms with E-state index < -0.39 is 5.97 Å². The molecule has 0 amide bonds. The van der Waals surface area contributed by atoms with E-state index in [2.05, 4.69) is 10.3 Å². The number of aromatic nitrogens is 2. The number of rotatable bonds is 7. The third-order valence-corrected chi connectivity index (χ3v) is 2.81. The summed E-state index contributed by atoms with van der Waals surface area (Å²) in [5.74, 6) is -0.306. The Kier molecular flexibility index (Phi) is 4.48. The molecule has 2 aromatic heterocycles. The molecule has 102 valence electrons. The maximum atomic E-state index is 11.1. The number of nitrogens with one attached hydrogen (secondary N) is 1. The highest BCUT2D eigenvalue weighted by atomic mass is 16.5. The molecule has 2 aromatic rings. The first-order valence-corrected chi connectivity index (χ1v) is 6.13.